The van der Waals surface area contributed by atoms with Crippen molar-refractivity contribution in [2.75, 3.05) is 17.2 Å². The summed E-state index contributed by atoms with van der Waals surface area (Å²) in [6, 6.07) is 6.16. The Hall–Kier alpha value is -2.04. The summed E-state index contributed by atoms with van der Waals surface area (Å²) in [7, 11) is 0. The van der Waals surface area contributed by atoms with E-state index in [0.29, 0.717) is 5.92 Å². The van der Waals surface area contributed by atoms with Gasteiger partial charge in [-0.1, -0.05) is 13.8 Å². The lowest BCUT2D eigenvalue weighted by Crippen LogP contribution is -2.23. The van der Waals surface area contributed by atoms with Gasteiger partial charge in [0.2, 0.25) is 0 Å². The normalized spacial score (nSPS) is 14.1. The quantitative estimate of drug-likeness (QED) is 0.865. The minimum absolute atomic E-state index is 0.570. The summed E-state index contributed by atoms with van der Waals surface area (Å²) in [5, 5.41) is 4.33. The Bertz CT molecular complexity index is 602. The van der Waals surface area contributed by atoms with Gasteiger partial charge in [-0.15, -0.1) is 0 Å². The molecular formula is C15H21N5. The number of nitrogens with two attached hydrogens (primary N) is 1. The van der Waals surface area contributed by atoms with E-state index in [1.54, 1.807) is 6.33 Å². The third-order valence-corrected chi connectivity index (χ3v) is 3.66. The number of hydrogen-bond donors (Lipinski definition) is 1. The second kappa shape index (κ2) is 5.15. The molecule has 20 heavy (non-hydrogen) atoms. The van der Waals surface area contributed by atoms with E-state index in [0.717, 1.165) is 37.6 Å². The first kappa shape index (κ1) is 13.0. The largest absolute Gasteiger partial charge is 0.399 e. The van der Waals surface area contributed by atoms with Crippen LogP contribution in [0.25, 0.3) is 0 Å². The van der Waals surface area contributed by atoms with Gasteiger partial charge in [-0.05, 0) is 36.1 Å². The molecule has 1 aliphatic rings. The maximum absolute atomic E-state index is 5.85. The van der Waals surface area contributed by atoms with Gasteiger partial charge in [0.25, 0.3) is 0 Å². The molecule has 0 saturated carbocycles. The molecule has 0 aliphatic carbocycles. The van der Waals surface area contributed by atoms with Gasteiger partial charge in [-0.3, -0.25) is 0 Å². The van der Waals surface area contributed by atoms with Gasteiger partial charge < -0.3 is 10.6 Å². The predicted molar refractivity (Wildman–Crippen MR) is 80.5 cm³/mol. The lowest BCUT2D eigenvalue weighted by molar-refractivity contribution is 0.464. The number of nitrogens with zero attached hydrogens (tertiary/aromatic N) is 4. The van der Waals surface area contributed by atoms with E-state index < -0.39 is 0 Å². The monoisotopic (exact) mass is 271 g/mol. The maximum Gasteiger partial charge on any atom is 0.146 e. The van der Waals surface area contributed by atoms with E-state index in [9.17, 15) is 0 Å². The zero-order valence-electron chi connectivity index (χ0n) is 12.1. The van der Waals surface area contributed by atoms with Crippen molar-refractivity contribution in [3.05, 3.63) is 35.9 Å². The van der Waals surface area contributed by atoms with Gasteiger partial charge in [0.15, 0.2) is 0 Å². The van der Waals surface area contributed by atoms with Crippen LogP contribution < -0.4 is 10.6 Å². The van der Waals surface area contributed by atoms with Gasteiger partial charge in [0.1, 0.15) is 12.2 Å². The van der Waals surface area contributed by atoms with E-state index in [4.69, 9.17) is 5.73 Å². The van der Waals surface area contributed by atoms with Crippen LogP contribution in [-0.4, -0.2) is 21.3 Å². The molecular weight excluding hydrogens is 250 g/mol. The number of aromatic nitrogens is 3. The summed E-state index contributed by atoms with van der Waals surface area (Å²) in [4.78, 5) is 6.77. The molecule has 0 spiro atoms. The molecule has 0 bridgehead atoms. The molecule has 3 rings (SSSR count). The average molecular weight is 271 g/mol. The average Bonchev–Trinajstić information content (AvgIpc) is 2.97. The van der Waals surface area contributed by atoms with Crippen LogP contribution in [0.1, 0.15) is 25.2 Å². The molecule has 5 heteroatoms. The van der Waals surface area contributed by atoms with Gasteiger partial charge in [0.05, 0.1) is 6.54 Å². The fourth-order valence-electron chi connectivity index (χ4n) is 2.73. The van der Waals surface area contributed by atoms with Crippen LogP contribution in [-0.2, 0) is 19.5 Å². The lowest BCUT2D eigenvalue weighted by atomic mass is 10.1. The highest BCUT2D eigenvalue weighted by molar-refractivity contribution is 5.62. The Morgan fingerprint density at radius 1 is 1.35 bits per heavy atom. The van der Waals surface area contributed by atoms with E-state index in [-0.39, 0.29) is 0 Å². The molecule has 2 heterocycles. The van der Waals surface area contributed by atoms with Crippen molar-refractivity contribution in [1.82, 2.24) is 14.8 Å². The molecule has 2 N–H and O–H groups in total. The number of benzene rings is 1. The molecule has 106 valence electrons. The Balaban J connectivity index is 1.79. The third-order valence-electron chi connectivity index (χ3n) is 3.66. The highest BCUT2D eigenvalue weighted by Gasteiger charge is 2.21. The van der Waals surface area contributed by atoms with Crippen LogP contribution in [0.3, 0.4) is 0 Å². The summed E-state index contributed by atoms with van der Waals surface area (Å²) in [6.07, 6.45) is 2.70. The van der Waals surface area contributed by atoms with Crippen LogP contribution in [0.4, 0.5) is 11.4 Å². The van der Waals surface area contributed by atoms with Crippen LogP contribution >= 0.6 is 0 Å². The molecule has 1 aliphatic heterocycles. The highest BCUT2D eigenvalue weighted by atomic mass is 15.3. The predicted octanol–water partition coefficient (Wildman–Crippen LogP) is 2.08. The summed E-state index contributed by atoms with van der Waals surface area (Å²) >= 11 is 0. The Kier molecular flexibility index (Phi) is 3.34. The third kappa shape index (κ3) is 2.48. The van der Waals surface area contributed by atoms with Gasteiger partial charge in [-0.25, -0.2) is 9.67 Å². The Morgan fingerprint density at radius 3 is 3.00 bits per heavy atom. The van der Waals surface area contributed by atoms with Crippen molar-refractivity contribution in [2.45, 2.75) is 33.4 Å². The highest BCUT2D eigenvalue weighted by Crippen LogP contribution is 2.30. The molecule has 2 aromatic rings. The van der Waals surface area contributed by atoms with Gasteiger partial charge in [0, 0.05) is 24.5 Å². The topological polar surface area (TPSA) is 60.0 Å². The van der Waals surface area contributed by atoms with E-state index >= 15 is 0 Å². The molecule has 0 amide bonds. The zero-order valence-corrected chi connectivity index (χ0v) is 12.1. The summed E-state index contributed by atoms with van der Waals surface area (Å²) in [6.45, 7) is 7.13. The lowest BCUT2D eigenvalue weighted by Gasteiger charge is -2.19. The van der Waals surface area contributed by atoms with Crippen molar-refractivity contribution in [3.8, 4) is 0 Å². The minimum Gasteiger partial charge on any atom is -0.399 e. The van der Waals surface area contributed by atoms with Crippen LogP contribution in [0.15, 0.2) is 24.5 Å². The van der Waals surface area contributed by atoms with E-state index in [1.165, 1.54) is 11.3 Å². The second-order valence-electron chi connectivity index (χ2n) is 5.81. The number of nitrogen functional groups attached to an aromatic ring is 1. The first-order valence-corrected chi connectivity index (χ1v) is 7.13. The molecule has 0 unspecified atom stereocenters. The van der Waals surface area contributed by atoms with Gasteiger partial charge in [-0.2, -0.15) is 5.10 Å². The number of rotatable bonds is 4. The first-order chi connectivity index (χ1) is 9.63. The molecule has 0 radical (unpaired) electrons. The maximum atomic E-state index is 5.85. The summed E-state index contributed by atoms with van der Waals surface area (Å²) in [5.74, 6) is 1.60. The number of hydrogen-bond acceptors (Lipinski definition) is 4. The molecule has 1 aromatic carbocycles. The Morgan fingerprint density at radius 2 is 2.20 bits per heavy atom. The van der Waals surface area contributed by atoms with E-state index in [1.807, 2.05) is 10.7 Å². The van der Waals surface area contributed by atoms with Crippen LogP contribution in [0, 0.1) is 5.92 Å². The molecule has 0 atom stereocenters. The minimum atomic E-state index is 0.570. The van der Waals surface area contributed by atoms with Crippen molar-refractivity contribution in [1.29, 1.82) is 0 Å². The van der Waals surface area contributed by atoms with Crippen LogP contribution in [0.2, 0.25) is 0 Å². The zero-order chi connectivity index (χ0) is 14.1. The molecule has 1 aromatic heterocycles. The van der Waals surface area contributed by atoms with Crippen LogP contribution in [0.5, 0.6) is 0 Å². The fourth-order valence-corrected chi connectivity index (χ4v) is 2.73. The van der Waals surface area contributed by atoms with Gasteiger partial charge >= 0.3 is 0 Å². The fraction of sp³-hybridized carbons (Fsp3) is 0.467. The van der Waals surface area contributed by atoms with Crippen molar-refractivity contribution in [3.63, 3.8) is 0 Å². The van der Waals surface area contributed by atoms with E-state index in [2.05, 4.69) is 41.0 Å². The molecule has 0 saturated heterocycles. The first-order valence-electron chi connectivity index (χ1n) is 7.13. The summed E-state index contributed by atoms with van der Waals surface area (Å²) in [5.41, 5.74) is 9.30. The second-order valence-corrected chi connectivity index (χ2v) is 5.81. The summed E-state index contributed by atoms with van der Waals surface area (Å²) < 4.78 is 2.01. The van der Waals surface area contributed by atoms with Crippen molar-refractivity contribution in [2.24, 2.45) is 5.92 Å². The molecule has 5 nitrogen and oxygen atoms in total. The number of anilines is 2. The Labute approximate surface area is 119 Å². The molecule has 0 fully saturated rings. The number of fused-ring (bicyclic) bond motifs is 1. The van der Waals surface area contributed by atoms with Crippen molar-refractivity contribution >= 4 is 11.4 Å². The standard InChI is InChI=1S/C15H21N5/c1-11(2)8-20-15(17-10-18-20)9-19-6-5-12-7-13(16)3-4-14(12)19/h3-4,7,10-11H,5-6,8-9,16H2,1-2H3. The smallest absolute Gasteiger partial charge is 0.146 e. The van der Waals surface area contributed by atoms with Crippen molar-refractivity contribution < 1.29 is 0 Å². The SMILES string of the molecule is CC(C)Cn1ncnc1CN1CCc2cc(N)ccc21.